The first kappa shape index (κ1) is 20.4. The lowest BCUT2D eigenvalue weighted by molar-refractivity contribution is 0.0418. The zero-order chi connectivity index (χ0) is 22.4. The number of carbonyl (C=O) groups is 1. The Morgan fingerprint density at radius 3 is 2.19 bits per heavy atom. The normalized spacial score (nSPS) is 18.2. The Kier molecular flexibility index (Phi) is 5.00. The molecule has 2 aromatic carbocycles. The van der Waals surface area contributed by atoms with Crippen LogP contribution >= 0.6 is 0 Å². The number of amides is 1. The first-order chi connectivity index (χ1) is 15.5. The Bertz CT molecular complexity index is 1210. The molecule has 0 spiro atoms. The van der Waals surface area contributed by atoms with Crippen LogP contribution in [0.5, 0.6) is 5.75 Å². The third-order valence-electron chi connectivity index (χ3n) is 6.38. The second-order valence-corrected chi connectivity index (χ2v) is 8.19. The average Bonchev–Trinajstić information content (AvgIpc) is 2.94. The number of aromatic hydroxyl groups is 1. The number of rotatable bonds is 3. The Hall–Kier alpha value is -3.55. The third kappa shape index (κ3) is 3.26. The van der Waals surface area contributed by atoms with Crippen LogP contribution in [0.15, 0.2) is 59.5 Å². The summed E-state index contributed by atoms with van der Waals surface area (Å²) in [5, 5.41) is 14.6. The summed E-state index contributed by atoms with van der Waals surface area (Å²) in [4.78, 5) is 26.0. The standard InChI is InChI=1S/C24H21F2N3O3/c25-20(26)13-28-12-18(29-22(24(28)32)23(31)19(30)11-27-29)21-16-7-3-1-5-14(16)9-10-15-6-2-4-8-17(15)21/h1-8,11,18,20-21,31H,9-10,12-13H2/t18-/m1/s1. The lowest BCUT2D eigenvalue weighted by Crippen LogP contribution is -2.48. The molecule has 0 radical (unpaired) electrons. The minimum Gasteiger partial charge on any atom is -0.502 e. The number of fused-ring (bicyclic) bond motifs is 3. The molecule has 8 heteroatoms. The summed E-state index contributed by atoms with van der Waals surface area (Å²) in [6.45, 7) is -0.799. The van der Waals surface area contributed by atoms with Crippen LogP contribution in [0.2, 0.25) is 0 Å². The van der Waals surface area contributed by atoms with Gasteiger partial charge in [-0.1, -0.05) is 48.5 Å². The Balaban J connectivity index is 1.76. The highest BCUT2D eigenvalue weighted by molar-refractivity contribution is 5.95. The molecule has 6 nitrogen and oxygen atoms in total. The Morgan fingerprint density at radius 2 is 1.59 bits per heavy atom. The van der Waals surface area contributed by atoms with E-state index in [1.807, 2.05) is 36.4 Å². The van der Waals surface area contributed by atoms with Crippen LogP contribution in [0.3, 0.4) is 0 Å². The highest BCUT2D eigenvalue weighted by Crippen LogP contribution is 2.43. The zero-order valence-corrected chi connectivity index (χ0v) is 17.1. The summed E-state index contributed by atoms with van der Waals surface area (Å²) in [6.07, 6.45) is -0.126. The number of alkyl halides is 2. The van der Waals surface area contributed by atoms with Crippen molar-refractivity contribution in [2.75, 3.05) is 13.1 Å². The number of hydrogen-bond acceptors (Lipinski definition) is 4. The highest BCUT2D eigenvalue weighted by atomic mass is 19.3. The van der Waals surface area contributed by atoms with Gasteiger partial charge >= 0.3 is 0 Å². The smallest absolute Gasteiger partial charge is 0.276 e. The van der Waals surface area contributed by atoms with Gasteiger partial charge < -0.3 is 10.0 Å². The van der Waals surface area contributed by atoms with E-state index in [9.17, 15) is 23.5 Å². The molecule has 0 fully saturated rings. The van der Waals surface area contributed by atoms with E-state index in [4.69, 9.17) is 0 Å². The van der Waals surface area contributed by atoms with E-state index in [1.54, 1.807) is 0 Å². The molecule has 3 aromatic rings. The first-order valence-corrected chi connectivity index (χ1v) is 10.5. The van der Waals surface area contributed by atoms with E-state index >= 15 is 0 Å². The summed E-state index contributed by atoms with van der Waals surface area (Å²) >= 11 is 0. The van der Waals surface area contributed by atoms with Gasteiger partial charge in [-0.05, 0) is 35.1 Å². The maximum atomic E-state index is 13.3. The lowest BCUT2D eigenvalue weighted by atomic mass is 9.81. The van der Waals surface area contributed by atoms with Gasteiger partial charge in [-0.25, -0.2) is 8.78 Å². The largest absolute Gasteiger partial charge is 0.502 e. The highest BCUT2D eigenvalue weighted by Gasteiger charge is 2.41. The minimum atomic E-state index is -2.75. The summed E-state index contributed by atoms with van der Waals surface area (Å²) in [7, 11) is 0. The fourth-order valence-electron chi connectivity index (χ4n) is 5.00. The summed E-state index contributed by atoms with van der Waals surface area (Å²) in [5.41, 5.74) is 3.17. The van der Waals surface area contributed by atoms with Gasteiger partial charge in [-0.15, -0.1) is 0 Å². The number of aromatic nitrogens is 2. The number of benzene rings is 2. The van der Waals surface area contributed by atoms with Gasteiger partial charge in [-0.2, -0.15) is 5.10 Å². The van der Waals surface area contributed by atoms with Gasteiger partial charge in [0.15, 0.2) is 11.4 Å². The van der Waals surface area contributed by atoms with Crippen molar-refractivity contribution in [1.29, 1.82) is 0 Å². The van der Waals surface area contributed by atoms with Crippen LogP contribution in [-0.2, 0) is 12.8 Å². The average molecular weight is 437 g/mol. The van der Waals surface area contributed by atoms with Gasteiger partial charge in [0.2, 0.25) is 5.43 Å². The molecule has 1 aliphatic carbocycles. The van der Waals surface area contributed by atoms with E-state index in [2.05, 4.69) is 17.2 Å². The third-order valence-corrected chi connectivity index (χ3v) is 6.38. The van der Waals surface area contributed by atoms with Crippen molar-refractivity contribution in [3.8, 4) is 5.75 Å². The number of nitrogens with zero attached hydrogens (tertiary/aromatic N) is 3. The molecule has 0 saturated carbocycles. The maximum Gasteiger partial charge on any atom is 0.276 e. The van der Waals surface area contributed by atoms with Crippen LogP contribution in [0.25, 0.3) is 0 Å². The fraction of sp³-hybridized carbons (Fsp3) is 0.292. The molecule has 1 aromatic heterocycles. The molecule has 1 aliphatic heterocycles. The van der Waals surface area contributed by atoms with Crippen LogP contribution < -0.4 is 5.43 Å². The van der Waals surface area contributed by atoms with Crippen molar-refractivity contribution >= 4 is 5.91 Å². The van der Waals surface area contributed by atoms with Gasteiger partial charge in [0, 0.05) is 12.5 Å². The maximum absolute atomic E-state index is 13.3. The van der Waals surface area contributed by atoms with E-state index in [1.165, 1.54) is 4.68 Å². The summed E-state index contributed by atoms with van der Waals surface area (Å²) in [6, 6.07) is 15.4. The second-order valence-electron chi connectivity index (χ2n) is 8.19. The Morgan fingerprint density at radius 1 is 1.00 bits per heavy atom. The minimum absolute atomic E-state index is 0.0151. The predicted octanol–water partition coefficient (Wildman–Crippen LogP) is 3.14. The van der Waals surface area contributed by atoms with Crippen molar-refractivity contribution in [2.45, 2.75) is 31.2 Å². The van der Waals surface area contributed by atoms with Gasteiger partial charge in [0.1, 0.15) is 0 Å². The molecule has 0 bridgehead atoms. The molecule has 164 valence electrons. The number of hydrogen-bond donors (Lipinski definition) is 1. The van der Waals surface area contributed by atoms with Crippen LogP contribution in [0.4, 0.5) is 8.78 Å². The molecule has 1 atom stereocenters. The van der Waals surface area contributed by atoms with Crippen molar-refractivity contribution < 1.29 is 18.7 Å². The second kappa shape index (κ2) is 7.85. The molecule has 32 heavy (non-hydrogen) atoms. The first-order valence-electron chi connectivity index (χ1n) is 10.5. The summed E-state index contributed by atoms with van der Waals surface area (Å²) < 4.78 is 28.0. The zero-order valence-electron chi connectivity index (χ0n) is 17.1. The summed E-state index contributed by atoms with van der Waals surface area (Å²) in [5.74, 6) is -1.88. The van der Waals surface area contributed by atoms with E-state index in [0.29, 0.717) is 0 Å². The molecule has 1 amide bonds. The van der Waals surface area contributed by atoms with Crippen LogP contribution in [0.1, 0.15) is 44.7 Å². The molecule has 1 N–H and O–H groups in total. The van der Waals surface area contributed by atoms with Gasteiger partial charge in [0.05, 0.1) is 18.8 Å². The SMILES string of the molecule is O=C1c2c(O)c(=O)cnn2[C@@H](C2c3ccccc3CCc3ccccc32)CN1CC(F)F. The number of halogens is 2. The van der Waals surface area contributed by atoms with E-state index < -0.39 is 36.1 Å². The van der Waals surface area contributed by atoms with E-state index in [0.717, 1.165) is 46.2 Å². The molecular formula is C24H21F2N3O3. The topological polar surface area (TPSA) is 75.4 Å². The van der Waals surface area contributed by atoms with Crippen LogP contribution in [0, 0.1) is 0 Å². The van der Waals surface area contributed by atoms with Gasteiger partial charge in [-0.3, -0.25) is 14.3 Å². The predicted molar refractivity (Wildman–Crippen MR) is 113 cm³/mol. The van der Waals surface area contributed by atoms with Crippen molar-refractivity contribution in [3.05, 3.63) is 92.9 Å². The molecule has 0 unspecified atom stereocenters. The molecule has 2 heterocycles. The van der Waals surface area contributed by atoms with Crippen molar-refractivity contribution in [1.82, 2.24) is 14.7 Å². The van der Waals surface area contributed by atoms with Crippen molar-refractivity contribution in [3.63, 3.8) is 0 Å². The van der Waals surface area contributed by atoms with Gasteiger partial charge in [0.25, 0.3) is 12.3 Å². The van der Waals surface area contributed by atoms with Crippen molar-refractivity contribution in [2.24, 2.45) is 0 Å². The van der Waals surface area contributed by atoms with Crippen LogP contribution in [-0.4, -0.2) is 45.2 Å². The molecule has 0 saturated heterocycles. The monoisotopic (exact) mass is 437 g/mol. The lowest BCUT2D eigenvalue weighted by Gasteiger charge is -2.39. The quantitative estimate of drug-likeness (QED) is 0.683. The molecule has 2 aliphatic rings. The Labute approximate surface area is 182 Å². The number of carbonyl (C=O) groups excluding carboxylic acids is 1. The fourth-order valence-corrected chi connectivity index (χ4v) is 5.00. The van der Waals surface area contributed by atoms with E-state index in [-0.39, 0.29) is 18.2 Å². The molecular weight excluding hydrogens is 416 g/mol. The molecule has 5 rings (SSSR count). The number of aryl methyl sites for hydroxylation is 2.